The van der Waals surface area contributed by atoms with E-state index < -0.39 is 0 Å². The summed E-state index contributed by atoms with van der Waals surface area (Å²) in [4.78, 5) is 0. The summed E-state index contributed by atoms with van der Waals surface area (Å²) in [6, 6.07) is 24.5. The van der Waals surface area contributed by atoms with Crippen LogP contribution < -0.4 is 15.4 Å². The highest BCUT2D eigenvalue weighted by Gasteiger charge is 2.02. The maximum atomic E-state index is 5.53. The molecule has 0 saturated heterocycles. The van der Waals surface area contributed by atoms with Gasteiger partial charge in [-0.3, -0.25) is 0 Å². The maximum Gasteiger partial charge on any atom is 0.119 e. The number of nitrogens with one attached hydrogen (secondary N) is 2. The number of ether oxygens (including phenoxy) is 1. The maximum absolute atomic E-state index is 5.53. The van der Waals surface area contributed by atoms with Gasteiger partial charge in [-0.1, -0.05) is 18.2 Å². The van der Waals surface area contributed by atoms with Gasteiger partial charge in [-0.05, 0) is 74.0 Å². The van der Waals surface area contributed by atoms with Crippen molar-refractivity contribution in [3.63, 3.8) is 0 Å². The molecule has 3 rings (SSSR count). The third-order valence-electron chi connectivity index (χ3n) is 3.74. The predicted octanol–water partition coefficient (Wildman–Crippen LogP) is 5.88. The van der Waals surface area contributed by atoms with E-state index in [4.69, 9.17) is 4.74 Å². The largest absolute Gasteiger partial charge is 0.494 e. The van der Waals surface area contributed by atoms with Crippen LogP contribution in [0.25, 0.3) is 0 Å². The van der Waals surface area contributed by atoms with Gasteiger partial charge in [-0.15, -0.1) is 0 Å². The van der Waals surface area contributed by atoms with E-state index in [9.17, 15) is 0 Å². The van der Waals surface area contributed by atoms with E-state index in [0.717, 1.165) is 34.1 Å². The molecule has 2 N–H and O–H groups in total. The van der Waals surface area contributed by atoms with Crippen molar-refractivity contribution in [2.75, 3.05) is 17.2 Å². The van der Waals surface area contributed by atoms with E-state index >= 15 is 0 Å². The summed E-state index contributed by atoms with van der Waals surface area (Å²) < 4.78 is 5.53. The van der Waals surface area contributed by atoms with Crippen LogP contribution in [-0.4, -0.2) is 6.61 Å². The van der Waals surface area contributed by atoms with Crippen LogP contribution >= 0.6 is 0 Å². The van der Waals surface area contributed by atoms with Crippen LogP contribution in [0.15, 0.2) is 72.8 Å². The highest BCUT2D eigenvalue weighted by atomic mass is 16.5. The predicted molar refractivity (Wildman–Crippen MR) is 102 cm³/mol. The standard InChI is InChI=1S/C21H22N2O/c1-3-24-20-13-14-21(16(2)15-20)23-19-11-9-18(10-12-19)22-17-7-5-4-6-8-17/h4-15,22-23H,3H2,1-2H3. The van der Waals surface area contributed by atoms with Gasteiger partial charge in [0.15, 0.2) is 0 Å². The molecule has 0 radical (unpaired) electrons. The van der Waals surface area contributed by atoms with E-state index in [1.165, 1.54) is 0 Å². The zero-order chi connectivity index (χ0) is 16.8. The summed E-state index contributed by atoms with van der Waals surface area (Å²) in [5, 5.41) is 6.83. The van der Waals surface area contributed by atoms with Crippen molar-refractivity contribution < 1.29 is 4.74 Å². The highest BCUT2D eigenvalue weighted by molar-refractivity contribution is 5.67. The van der Waals surface area contributed by atoms with E-state index in [2.05, 4.69) is 66.1 Å². The van der Waals surface area contributed by atoms with Crippen molar-refractivity contribution in [3.05, 3.63) is 78.4 Å². The summed E-state index contributed by atoms with van der Waals surface area (Å²) in [6.45, 7) is 4.75. The van der Waals surface area contributed by atoms with Crippen LogP contribution in [0.2, 0.25) is 0 Å². The van der Waals surface area contributed by atoms with Crippen molar-refractivity contribution in [1.82, 2.24) is 0 Å². The lowest BCUT2D eigenvalue weighted by Crippen LogP contribution is -1.96. The molecular formula is C21H22N2O. The number of anilines is 4. The van der Waals surface area contributed by atoms with Gasteiger partial charge in [0, 0.05) is 22.7 Å². The Labute approximate surface area is 143 Å². The SMILES string of the molecule is CCOc1ccc(Nc2ccc(Nc3ccccc3)cc2)c(C)c1. The van der Waals surface area contributed by atoms with E-state index in [-0.39, 0.29) is 0 Å². The summed E-state index contributed by atoms with van der Waals surface area (Å²) in [5.41, 5.74) is 5.45. The number of benzene rings is 3. The van der Waals surface area contributed by atoms with Crippen molar-refractivity contribution in [3.8, 4) is 5.75 Å². The average molecular weight is 318 g/mol. The molecule has 122 valence electrons. The normalized spacial score (nSPS) is 10.2. The molecular weight excluding hydrogens is 296 g/mol. The van der Waals surface area contributed by atoms with Gasteiger partial charge in [0.25, 0.3) is 0 Å². The molecule has 0 atom stereocenters. The minimum atomic E-state index is 0.683. The third-order valence-corrected chi connectivity index (χ3v) is 3.74. The first-order chi connectivity index (χ1) is 11.7. The van der Waals surface area contributed by atoms with E-state index in [1.807, 2.05) is 31.2 Å². The molecule has 0 aromatic heterocycles. The summed E-state index contributed by atoms with van der Waals surface area (Å²) in [6.07, 6.45) is 0. The molecule has 0 bridgehead atoms. The van der Waals surface area contributed by atoms with Crippen molar-refractivity contribution in [2.45, 2.75) is 13.8 Å². The molecule has 0 fully saturated rings. The molecule has 0 saturated carbocycles. The summed E-state index contributed by atoms with van der Waals surface area (Å²) in [5.74, 6) is 0.906. The molecule has 3 aromatic carbocycles. The quantitative estimate of drug-likeness (QED) is 0.595. The van der Waals surface area contributed by atoms with Crippen LogP contribution in [0.5, 0.6) is 5.75 Å². The molecule has 24 heavy (non-hydrogen) atoms. The second kappa shape index (κ2) is 7.55. The number of para-hydroxylation sites is 1. The monoisotopic (exact) mass is 318 g/mol. The molecule has 3 nitrogen and oxygen atoms in total. The van der Waals surface area contributed by atoms with Gasteiger partial charge in [0.05, 0.1) is 6.61 Å². The molecule has 3 aromatic rings. The van der Waals surface area contributed by atoms with Crippen LogP contribution in [0.4, 0.5) is 22.7 Å². The van der Waals surface area contributed by atoms with Gasteiger partial charge >= 0.3 is 0 Å². The Morgan fingerprint density at radius 1 is 0.750 bits per heavy atom. The molecule has 3 heteroatoms. The fraction of sp³-hybridized carbons (Fsp3) is 0.143. The first-order valence-corrected chi connectivity index (χ1v) is 8.17. The van der Waals surface area contributed by atoms with Crippen LogP contribution in [0.1, 0.15) is 12.5 Å². The first kappa shape index (κ1) is 15.9. The third kappa shape index (κ3) is 4.07. The zero-order valence-electron chi connectivity index (χ0n) is 14.0. The first-order valence-electron chi connectivity index (χ1n) is 8.17. The van der Waals surface area contributed by atoms with Crippen molar-refractivity contribution in [1.29, 1.82) is 0 Å². The van der Waals surface area contributed by atoms with Crippen LogP contribution in [0, 0.1) is 6.92 Å². The fourth-order valence-corrected chi connectivity index (χ4v) is 2.51. The number of aryl methyl sites for hydroxylation is 1. The second-order valence-electron chi connectivity index (χ2n) is 5.60. The Morgan fingerprint density at radius 2 is 1.38 bits per heavy atom. The minimum absolute atomic E-state index is 0.683. The number of hydrogen-bond acceptors (Lipinski definition) is 3. The molecule has 0 aliphatic heterocycles. The van der Waals surface area contributed by atoms with Crippen molar-refractivity contribution in [2.24, 2.45) is 0 Å². The minimum Gasteiger partial charge on any atom is -0.494 e. The molecule has 0 spiro atoms. The van der Waals surface area contributed by atoms with Crippen molar-refractivity contribution >= 4 is 22.7 Å². The van der Waals surface area contributed by atoms with E-state index in [0.29, 0.717) is 6.61 Å². The second-order valence-corrected chi connectivity index (χ2v) is 5.60. The Morgan fingerprint density at radius 3 is 2.00 bits per heavy atom. The fourth-order valence-electron chi connectivity index (χ4n) is 2.51. The average Bonchev–Trinajstić information content (AvgIpc) is 2.60. The van der Waals surface area contributed by atoms with Gasteiger partial charge in [0.2, 0.25) is 0 Å². The van der Waals surface area contributed by atoms with Crippen LogP contribution in [0.3, 0.4) is 0 Å². The molecule has 0 aliphatic rings. The van der Waals surface area contributed by atoms with Gasteiger partial charge in [0.1, 0.15) is 5.75 Å². The molecule has 0 heterocycles. The Balaban J connectivity index is 1.68. The number of rotatable bonds is 6. The smallest absolute Gasteiger partial charge is 0.119 e. The lowest BCUT2D eigenvalue weighted by atomic mass is 10.1. The van der Waals surface area contributed by atoms with Gasteiger partial charge < -0.3 is 15.4 Å². The summed E-state index contributed by atoms with van der Waals surface area (Å²) in [7, 11) is 0. The Bertz CT molecular complexity index is 783. The topological polar surface area (TPSA) is 33.3 Å². The number of hydrogen-bond donors (Lipinski definition) is 2. The van der Waals surface area contributed by atoms with Gasteiger partial charge in [-0.2, -0.15) is 0 Å². The van der Waals surface area contributed by atoms with E-state index in [1.54, 1.807) is 0 Å². The lowest BCUT2D eigenvalue weighted by Gasteiger charge is -2.12. The molecule has 0 aliphatic carbocycles. The van der Waals surface area contributed by atoms with Crippen LogP contribution in [-0.2, 0) is 0 Å². The molecule has 0 unspecified atom stereocenters. The summed E-state index contributed by atoms with van der Waals surface area (Å²) >= 11 is 0. The zero-order valence-corrected chi connectivity index (χ0v) is 14.0. The Hall–Kier alpha value is -2.94. The lowest BCUT2D eigenvalue weighted by molar-refractivity contribution is 0.340. The molecule has 0 amide bonds. The highest BCUT2D eigenvalue weighted by Crippen LogP contribution is 2.26. The van der Waals surface area contributed by atoms with Gasteiger partial charge in [-0.25, -0.2) is 0 Å². The Kier molecular flexibility index (Phi) is 5.02.